The molecule has 0 saturated carbocycles. The summed E-state index contributed by atoms with van der Waals surface area (Å²) in [7, 11) is 0. The van der Waals surface area contributed by atoms with E-state index in [1.807, 2.05) is 75.4 Å². The molecule has 0 unspecified atom stereocenters. The van der Waals surface area contributed by atoms with Crippen LogP contribution in [-0.2, 0) is 6.54 Å². The van der Waals surface area contributed by atoms with Crippen molar-refractivity contribution in [3.8, 4) is 0 Å². The lowest BCUT2D eigenvalue weighted by atomic mass is 9.89. The molecule has 0 heterocycles. The topological polar surface area (TPSA) is 91.1 Å². The quantitative estimate of drug-likeness (QED) is 0.173. The van der Waals surface area contributed by atoms with Crippen LogP contribution in [0.1, 0.15) is 55.6 Å². The van der Waals surface area contributed by atoms with E-state index in [-0.39, 0.29) is 17.1 Å². The van der Waals surface area contributed by atoms with E-state index in [2.05, 4.69) is 46.7 Å². The molecule has 0 aliphatic heterocycles. The fraction of sp³-hybridized carbons (Fsp3) is 0.167. The van der Waals surface area contributed by atoms with E-state index in [4.69, 9.17) is 23.2 Å². The molecule has 0 bridgehead atoms. The predicted octanol–water partition coefficient (Wildman–Crippen LogP) is 11.3. The second-order valence-electron chi connectivity index (χ2n) is 9.37. The smallest absolute Gasteiger partial charge is 0.337 e. The van der Waals surface area contributed by atoms with Crippen LogP contribution in [-0.4, -0.2) is 16.8 Å². The standard InChI is InChI=1S/C34H29Cl2N3O3.C2H6/c1-3-5-22(6-4-2)33(23-7-11-26(12-8-23)38-28-15-17-31(35)25(19-28)21-37-42)24-9-13-27(14-10-24)39-29-16-18-32(36)30(20-29)34(40)41;1-2/h3,5-20,38H,4,21H2,1-2H3,(H,40,41);1-2H3/b5-3-,22-6+,33-24?,39-27?;. The summed E-state index contributed by atoms with van der Waals surface area (Å²) in [5, 5.41) is 16.4. The number of halogens is 2. The number of anilines is 2. The molecule has 0 amide bonds. The van der Waals surface area contributed by atoms with Crippen molar-refractivity contribution < 1.29 is 9.90 Å². The highest BCUT2D eigenvalue weighted by molar-refractivity contribution is 6.33. The van der Waals surface area contributed by atoms with Crippen molar-refractivity contribution in [3.63, 3.8) is 0 Å². The van der Waals surface area contributed by atoms with Crippen molar-refractivity contribution in [2.45, 2.75) is 40.7 Å². The van der Waals surface area contributed by atoms with Gasteiger partial charge in [0.2, 0.25) is 0 Å². The van der Waals surface area contributed by atoms with Gasteiger partial charge in [0, 0.05) is 16.4 Å². The van der Waals surface area contributed by atoms with E-state index in [0.717, 1.165) is 40.1 Å². The van der Waals surface area contributed by atoms with Crippen LogP contribution in [0.15, 0.2) is 125 Å². The van der Waals surface area contributed by atoms with Gasteiger partial charge in [0.15, 0.2) is 0 Å². The first-order valence-corrected chi connectivity index (χ1v) is 15.1. The van der Waals surface area contributed by atoms with Gasteiger partial charge in [0.25, 0.3) is 0 Å². The van der Waals surface area contributed by atoms with Gasteiger partial charge in [0.1, 0.15) is 6.54 Å². The minimum atomic E-state index is -1.10. The summed E-state index contributed by atoms with van der Waals surface area (Å²) in [6, 6.07) is 18.3. The Morgan fingerprint density at radius 2 is 1.57 bits per heavy atom. The lowest BCUT2D eigenvalue weighted by Crippen LogP contribution is -1.99. The Bertz CT molecular complexity index is 1660. The van der Waals surface area contributed by atoms with Crippen LogP contribution >= 0.6 is 23.2 Å². The number of nitroso groups, excluding NO2 is 1. The lowest BCUT2D eigenvalue weighted by molar-refractivity contribution is 0.0697. The van der Waals surface area contributed by atoms with E-state index in [1.54, 1.807) is 12.1 Å². The number of rotatable bonds is 10. The third-order valence-electron chi connectivity index (χ3n) is 6.40. The highest BCUT2D eigenvalue weighted by Crippen LogP contribution is 2.33. The minimum Gasteiger partial charge on any atom is -0.478 e. The molecular weight excluding hydrogens is 593 g/mol. The fourth-order valence-corrected chi connectivity index (χ4v) is 4.86. The normalized spacial score (nSPS) is 12.5. The van der Waals surface area contributed by atoms with Crippen LogP contribution in [0.2, 0.25) is 10.0 Å². The first-order valence-electron chi connectivity index (χ1n) is 14.3. The van der Waals surface area contributed by atoms with E-state index in [0.29, 0.717) is 22.0 Å². The molecule has 1 aliphatic carbocycles. The Labute approximate surface area is 268 Å². The van der Waals surface area contributed by atoms with Crippen molar-refractivity contribution in [2.75, 3.05) is 5.32 Å². The summed E-state index contributed by atoms with van der Waals surface area (Å²) in [4.78, 5) is 26.8. The number of hydrogen-bond donors (Lipinski definition) is 2. The third kappa shape index (κ3) is 8.99. The molecule has 0 spiro atoms. The number of carbonyl (C=O) groups is 1. The van der Waals surface area contributed by atoms with Crippen molar-refractivity contribution >= 4 is 57.5 Å². The SMILES string of the molecule is C/C=C\C(=C/CC)C(=C1C=CC(=Nc2ccc(Cl)c(C(=O)O)c2)C=C1)c1ccc(Nc2ccc(Cl)c(CN=O)c2)cc1.CC. The van der Waals surface area contributed by atoms with Gasteiger partial charge in [-0.25, -0.2) is 9.79 Å². The monoisotopic (exact) mass is 627 g/mol. The second-order valence-corrected chi connectivity index (χ2v) is 10.2. The second kappa shape index (κ2) is 16.9. The van der Waals surface area contributed by atoms with Gasteiger partial charge in [0.05, 0.1) is 22.0 Å². The molecule has 3 aromatic carbocycles. The van der Waals surface area contributed by atoms with Gasteiger partial charge < -0.3 is 10.4 Å². The average Bonchev–Trinajstić information content (AvgIpc) is 3.03. The van der Waals surface area contributed by atoms with Crippen LogP contribution in [0.5, 0.6) is 0 Å². The van der Waals surface area contributed by atoms with Crippen LogP contribution in [0.4, 0.5) is 17.1 Å². The number of allylic oxidation sites excluding steroid dienone is 10. The van der Waals surface area contributed by atoms with Crippen molar-refractivity contribution in [3.05, 3.63) is 146 Å². The molecule has 4 rings (SSSR count). The number of nitrogens with one attached hydrogen (secondary N) is 1. The Morgan fingerprint density at radius 1 is 0.909 bits per heavy atom. The van der Waals surface area contributed by atoms with Crippen LogP contribution in [0.3, 0.4) is 0 Å². The summed E-state index contributed by atoms with van der Waals surface area (Å²) in [5.41, 5.74) is 7.78. The molecule has 0 fully saturated rings. The summed E-state index contributed by atoms with van der Waals surface area (Å²) in [6.07, 6.45) is 15.0. The number of aliphatic imine (C=N–C) groups is 1. The summed E-state index contributed by atoms with van der Waals surface area (Å²) in [6.45, 7) is 8.11. The lowest BCUT2D eigenvalue weighted by Gasteiger charge is -2.16. The van der Waals surface area contributed by atoms with Crippen molar-refractivity contribution in [2.24, 2.45) is 10.2 Å². The molecule has 0 radical (unpaired) electrons. The first-order chi connectivity index (χ1) is 21.3. The third-order valence-corrected chi connectivity index (χ3v) is 7.09. The Balaban J connectivity index is 0.00000259. The van der Waals surface area contributed by atoms with Gasteiger partial charge in [-0.05, 0) is 102 Å². The Hall–Kier alpha value is -4.52. The summed E-state index contributed by atoms with van der Waals surface area (Å²) >= 11 is 12.2. The van der Waals surface area contributed by atoms with Crippen LogP contribution < -0.4 is 5.32 Å². The zero-order valence-electron chi connectivity index (χ0n) is 25.1. The van der Waals surface area contributed by atoms with Crippen LogP contribution in [0.25, 0.3) is 5.57 Å². The molecule has 44 heavy (non-hydrogen) atoms. The molecule has 0 saturated heterocycles. The Kier molecular flexibility index (Phi) is 13.1. The highest BCUT2D eigenvalue weighted by Gasteiger charge is 2.13. The molecule has 1 aliphatic rings. The largest absolute Gasteiger partial charge is 0.478 e. The highest BCUT2D eigenvalue weighted by atomic mass is 35.5. The van der Waals surface area contributed by atoms with E-state index < -0.39 is 5.97 Å². The number of nitrogens with zero attached hydrogens (tertiary/aromatic N) is 2. The summed E-state index contributed by atoms with van der Waals surface area (Å²) in [5.74, 6) is -1.10. The molecular formula is C36H35Cl2N3O3. The average molecular weight is 629 g/mol. The summed E-state index contributed by atoms with van der Waals surface area (Å²) < 4.78 is 0. The zero-order chi connectivity index (χ0) is 32.1. The Morgan fingerprint density at radius 3 is 2.18 bits per heavy atom. The van der Waals surface area contributed by atoms with Gasteiger partial charge in [-0.15, -0.1) is 0 Å². The molecule has 2 N–H and O–H groups in total. The van der Waals surface area contributed by atoms with Crippen LogP contribution in [0, 0.1) is 4.91 Å². The van der Waals surface area contributed by atoms with Crippen molar-refractivity contribution in [1.29, 1.82) is 0 Å². The first kappa shape index (κ1) is 34.0. The molecule has 8 heteroatoms. The number of hydrogen-bond acceptors (Lipinski definition) is 5. The van der Waals surface area contributed by atoms with E-state index in [9.17, 15) is 14.8 Å². The van der Waals surface area contributed by atoms with Gasteiger partial charge in [-0.1, -0.05) is 91.7 Å². The molecule has 3 aromatic rings. The van der Waals surface area contributed by atoms with Gasteiger partial charge in [-0.2, -0.15) is 4.91 Å². The molecule has 0 aromatic heterocycles. The number of carboxylic acid groups (broad SMARTS) is 1. The number of benzene rings is 3. The molecule has 226 valence electrons. The minimum absolute atomic E-state index is 0.0121. The maximum absolute atomic E-state index is 11.5. The molecule has 0 atom stereocenters. The zero-order valence-corrected chi connectivity index (χ0v) is 26.7. The fourth-order valence-electron chi connectivity index (χ4n) is 4.48. The molecule has 6 nitrogen and oxygen atoms in total. The maximum Gasteiger partial charge on any atom is 0.337 e. The van der Waals surface area contributed by atoms with Gasteiger partial charge >= 0.3 is 5.97 Å². The van der Waals surface area contributed by atoms with E-state index in [1.165, 1.54) is 12.1 Å². The van der Waals surface area contributed by atoms with E-state index >= 15 is 0 Å². The number of aromatic carboxylic acids is 1. The maximum atomic E-state index is 11.5. The predicted molar refractivity (Wildman–Crippen MR) is 186 cm³/mol. The van der Waals surface area contributed by atoms with Crippen molar-refractivity contribution in [1.82, 2.24) is 0 Å². The van der Waals surface area contributed by atoms with Gasteiger partial charge in [-0.3, -0.25) is 0 Å². The number of carboxylic acids is 1.